The van der Waals surface area contributed by atoms with Crippen LogP contribution in [0.2, 0.25) is 0 Å². The first-order chi connectivity index (χ1) is 15.9. The molecule has 0 bridgehead atoms. The van der Waals surface area contributed by atoms with Gasteiger partial charge in [-0.2, -0.15) is 0 Å². The van der Waals surface area contributed by atoms with Crippen LogP contribution in [0.4, 0.5) is 0 Å². The standard InChI is InChI=1S/C26H32N2O5/c1-6-27(7-2)13-14-28-23(18-9-8-10-20(16-18)32-4)22(25(30)26(28)31)24(29)19-11-12-21(33-5)17(3)15-19/h8-12,15-16,23,29H,6-7,13-14H2,1-5H3/b24-22-. The lowest BCUT2D eigenvalue weighted by molar-refractivity contribution is -0.140. The number of hydrogen-bond donors (Lipinski definition) is 1. The summed E-state index contributed by atoms with van der Waals surface area (Å²) in [6.45, 7) is 8.66. The molecule has 176 valence electrons. The number of amides is 1. The molecule has 2 aromatic rings. The lowest BCUT2D eigenvalue weighted by Crippen LogP contribution is -2.38. The van der Waals surface area contributed by atoms with Gasteiger partial charge in [0.2, 0.25) is 0 Å². The molecular weight excluding hydrogens is 420 g/mol. The Morgan fingerprint density at radius 2 is 1.79 bits per heavy atom. The van der Waals surface area contributed by atoms with Gasteiger partial charge in [0.1, 0.15) is 17.3 Å². The maximum atomic E-state index is 13.2. The van der Waals surface area contributed by atoms with E-state index in [1.807, 2.05) is 19.1 Å². The normalized spacial score (nSPS) is 17.6. The minimum absolute atomic E-state index is 0.0809. The van der Waals surface area contributed by atoms with Crippen molar-refractivity contribution in [2.45, 2.75) is 26.8 Å². The van der Waals surface area contributed by atoms with E-state index < -0.39 is 17.7 Å². The van der Waals surface area contributed by atoms with Crippen LogP contribution in [-0.2, 0) is 9.59 Å². The zero-order chi connectivity index (χ0) is 24.1. The quantitative estimate of drug-likeness (QED) is 0.354. The van der Waals surface area contributed by atoms with Gasteiger partial charge in [-0.3, -0.25) is 9.59 Å². The molecule has 3 rings (SSSR count). The van der Waals surface area contributed by atoms with E-state index in [2.05, 4.69) is 18.7 Å². The number of aliphatic hydroxyl groups excluding tert-OH is 1. The summed E-state index contributed by atoms with van der Waals surface area (Å²) in [5, 5.41) is 11.2. The molecule has 1 unspecified atom stereocenters. The van der Waals surface area contributed by atoms with Crippen LogP contribution in [-0.4, -0.2) is 67.0 Å². The minimum atomic E-state index is -0.710. The van der Waals surface area contributed by atoms with Crippen molar-refractivity contribution >= 4 is 17.4 Å². The fraction of sp³-hybridized carbons (Fsp3) is 0.385. The predicted octanol–water partition coefficient (Wildman–Crippen LogP) is 3.78. The second-order valence-electron chi connectivity index (χ2n) is 7.98. The number of aryl methyl sites for hydroxylation is 1. The van der Waals surface area contributed by atoms with Crippen molar-refractivity contribution in [1.82, 2.24) is 9.80 Å². The number of likely N-dealkylation sites (N-methyl/N-ethyl adjacent to an activating group) is 1. The van der Waals surface area contributed by atoms with Gasteiger partial charge in [0.05, 0.1) is 25.8 Å². The van der Waals surface area contributed by atoms with Crippen LogP contribution in [0.3, 0.4) is 0 Å². The number of likely N-dealkylation sites (tertiary alicyclic amines) is 1. The lowest BCUT2D eigenvalue weighted by Gasteiger charge is -2.28. The van der Waals surface area contributed by atoms with E-state index >= 15 is 0 Å². The highest BCUT2D eigenvalue weighted by molar-refractivity contribution is 6.46. The maximum absolute atomic E-state index is 13.2. The largest absolute Gasteiger partial charge is 0.507 e. The first-order valence-corrected chi connectivity index (χ1v) is 11.2. The Labute approximate surface area is 195 Å². The van der Waals surface area contributed by atoms with Crippen LogP contribution in [0, 0.1) is 6.92 Å². The molecule has 1 aliphatic heterocycles. The van der Waals surface area contributed by atoms with Gasteiger partial charge in [0.25, 0.3) is 11.7 Å². The molecular formula is C26H32N2O5. The van der Waals surface area contributed by atoms with Gasteiger partial charge in [-0.15, -0.1) is 0 Å². The molecule has 0 radical (unpaired) electrons. The van der Waals surface area contributed by atoms with Crippen LogP contribution in [0.1, 0.15) is 36.6 Å². The van der Waals surface area contributed by atoms with Gasteiger partial charge < -0.3 is 24.4 Å². The van der Waals surface area contributed by atoms with Gasteiger partial charge in [-0.1, -0.05) is 26.0 Å². The van der Waals surface area contributed by atoms with Crippen LogP contribution in [0.5, 0.6) is 11.5 Å². The Bertz CT molecular complexity index is 1060. The fourth-order valence-electron chi connectivity index (χ4n) is 4.24. The molecule has 0 aliphatic carbocycles. The molecule has 1 amide bonds. The lowest BCUT2D eigenvalue weighted by atomic mass is 9.94. The van der Waals surface area contributed by atoms with Gasteiger partial charge in [0, 0.05) is 18.7 Å². The Balaban J connectivity index is 2.13. The molecule has 0 saturated carbocycles. The first-order valence-electron chi connectivity index (χ1n) is 11.2. The first kappa shape index (κ1) is 24.3. The van der Waals surface area contributed by atoms with E-state index in [9.17, 15) is 14.7 Å². The number of ether oxygens (including phenoxy) is 2. The summed E-state index contributed by atoms with van der Waals surface area (Å²) in [5.41, 5.74) is 2.07. The zero-order valence-electron chi connectivity index (χ0n) is 19.9. The highest BCUT2D eigenvalue weighted by Gasteiger charge is 2.46. The summed E-state index contributed by atoms with van der Waals surface area (Å²) in [5.74, 6) is -0.204. The molecule has 1 saturated heterocycles. The van der Waals surface area contributed by atoms with Gasteiger partial charge in [0.15, 0.2) is 0 Å². The third-order valence-corrected chi connectivity index (χ3v) is 6.17. The average molecular weight is 453 g/mol. The van der Waals surface area contributed by atoms with E-state index in [1.54, 1.807) is 49.5 Å². The highest BCUT2D eigenvalue weighted by atomic mass is 16.5. The molecule has 33 heavy (non-hydrogen) atoms. The van der Waals surface area contributed by atoms with Crippen LogP contribution in [0.15, 0.2) is 48.0 Å². The van der Waals surface area contributed by atoms with Crippen LogP contribution in [0.25, 0.3) is 5.76 Å². The number of nitrogens with zero attached hydrogens (tertiary/aromatic N) is 2. The van der Waals surface area contributed by atoms with Crippen molar-refractivity contribution in [3.8, 4) is 11.5 Å². The molecule has 7 heteroatoms. The van der Waals surface area contributed by atoms with Crippen molar-refractivity contribution in [1.29, 1.82) is 0 Å². The number of methoxy groups -OCH3 is 2. The average Bonchev–Trinajstić information content (AvgIpc) is 3.09. The van der Waals surface area contributed by atoms with Crippen molar-refractivity contribution < 1.29 is 24.2 Å². The van der Waals surface area contributed by atoms with Gasteiger partial charge in [-0.05, 0) is 61.5 Å². The number of ketones is 1. The number of hydrogen-bond acceptors (Lipinski definition) is 6. The van der Waals surface area contributed by atoms with E-state index in [4.69, 9.17) is 9.47 Å². The van der Waals surface area contributed by atoms with Gasteiger partial charge in [-0.25, -0.2) is 0 Å². The molecule has 0 spiro atoms. The summed E-state index contributed by atoms with van der Waals surface area (Å²) in [4.78, 5) is 30.0. The number of carbonyl (C=O) groups excluding carboxylic acids is 2. The summed E-state index contributed by atoms with van der Waals surface area (Å²) in [6, 6.07) is 11.7. The summed E-state index contributed by atoms with van der Waals surface area (Å²) >= 11 is 0. The van der Waals surface area contributed by atoms with Crippen LogP contribution >= 0.6 is 0 Å². The van der Waals surface area contributed by atoms with Gasteiger partial charge >= 0.3 is 0 Å². The Morgan fingerprint density at radius 3 is 2.39 bits per heavy atom. The SMILES string of the molecule is CCN(CC)CCN1C(=O)C(=O)/C(=C(\O)c2ccc(OC)c(C)c2)C1c1cccc(OC)c1. The second-order valence-corrected chi connectivity index (χ2v) is 7.98. The highest BCUT2D eigenvalue weighted by Crippen LogP contribution is 2.40. The number of rotatable bonds is 9. The number of aliphatic hydroxyl groups is 1. The summed E-state index contributed by atoms with van der Waals surface area (Å²) < 4.78 is 10.7. The van der Waals surface area contributed by atoms with Crippen molar-refractivity contribution in [3.05, 3.63) is 64.7 Å². The predicted molar refractivity (Wildman–Crippen MR) is 128 cm³/mol. The molecule has 1 aliphatic rings. The molecule has 1 N–H and O–H groups in total. The van der Waals surface area contributed by atoms with E-state index in [0.29, 0.717) is 35.7 Å². The molecule has 1 atom stereocenters. The molecule has 2 aromatic carbocycles. The minimum Gasteiger partial charge on any atom is -0.507 e. The fourth-order valence-corrected chi connectivity index (χ4v) is 4.24. The second kappa shape index (κ2) is 10.5. The monoisotopic (exact) mass is 452 g/mol. The van der Waals surface area contributed by atoms with E-state index in [-0.39, 0.29) is 11.3 Å². The third-order valence-electron chi connectivity index (χ3n) is 6.17. The number of benzene rings is 2. The van der Waals surface area contributed by atoms with Crippen molar-refractivity contribution in [2.24, 2.45) is 0 Å². The molecule has 7 nitrogen and oxygen atoms in total. The van der Waals surface area contributed by atoms with E-state index in [1.165, 1.54) is 0 Å². The Morgan fingerprint density at radius 1 is 1.06 bits per heavy atom. The summed E-state index contributed by atoms with van der Waals surface area (Å²) in [7, 11) is 3.14. The number of carbonyl (C=O) groups is 2. The third kappa shape index (κ3) is 4.88. The Hall–Kier alpha value is -3.32. The molecule has 1 fully saturated rings. The topological polar surface area (TPSA) is 79.3 Å². The van der Waals surface area contributed by atoms with Crippen molar-refractivity contribution in [3.63, 3.8) is 0 Å². The molecule has 0 aromatic heterocycles. The maximum Gasteiger partial charge on any atom is 0.295 e. The molecule has 1 heterocycles. The zero-order valence-corrected chi connectivity index (χ0v) is 19.9. The van der Waals surface area contributed by atoms with Crippen molar-refractivity contribution in [2.75, 3.05) is 40.4 Å². The smallest absolute Gasteiger partial charge is 0.295 e. The summed E-state index contributed by atoms with van der Waals surface area (Å²) in [6.07, 6.45) is 0. The number of Topliss-reactive ketones (excluding diaryl/α,β-unsaturated/α-hetero) is 1. The van der Waals surface area contributed by atoms with E-state index in [0.717, 1.165) is 18.7 Å². The van der Waals surface area contributed by atoms with Crippen LogP contribution < -0.4 is 9.47 Å². The Kier molecular flexibility index (Phi) is 7.76.